The monoisotopic (exact) mass is 277 g/mol. The van der Waals surface area contributed by atoms with Gasteiger partial charge in [-0.2, -0.15) is 5.26 Å². The molecule has 0 unspecified atom stereocenters. The highest BCUT2D eigenvalue weighted by Crippen LogP contribution is 2.20. The van der Waals surface area contributed by atoms with E-state index in [-0.39, 0.29) is 12.4 Å². The molecular formula is C18H12FNO. The fourth-order valence-corrected chi connectivity index (χ4v) is 1.79. The maximum absolute atomic E-state index is 13.2. The van der Waals surface area contributed by atoms with Crippen LogP contribution in [0.3, 0.4) is 0 Å². The molecule has 0 spiro atoms. The maximum atomic E-state index is 13.2. The lowest BCUT2D eigenvalue weighted by molar-refractivity contribution is 0.370. The number of benzene rings is 2. The molecular weight excluding hydrogens is 265 g/mol. The van der Waals surface area contributed by atoms with Crippen LogP contribution in [0.15, 0.2) is 48.5 Å². The zero-order valence-electron chi connectivity index (χ0n) is 11.2. The fraction of sp³-hybridized carbons (Fsp3) is 0.0556. The Hall–Kier alpha value is -3.04. The first-order valence-corrected chi connectivity index (χ1v) is 6.27. The molecule has 0 fully saturated rings. The molecule has 21 heavy (non-hydrogen) atoms. The van der Waals surface area contributed by atoms with Gasteiger partial charge in [0, 0.05) is 0 Å². The number of halogens is 1. The van der Waals surface area contributed by atoms with Crippen LogP contribution >= 0.6 is 0 Å². The van der Waals surface area contributed by atoms with E-state index in [0.717, 1.165) is 5.56 Å². The van der Waals surface area contributed by atoms with Gasteiger partial charge in [0.15, 0.2) is 0 Å². The number of ether oxygens (including phenoxy) is 1. The minimum absolute atomic E-state index is 0.210. The van der Waals surface area contributed by atoms with Crippen LogP contribution < -0.4 is 4.74 Å². The number of nitrogens with zero attached hydrogens (tertiary/aromatic N) is 1. The highest BCUT2D eigenvalue weighted by molar-refractivity contribution is 5.89. The van der Waals surface area contributed by atoms with Gasteiger partial charge < -0.3 is 4.74 Å². The molecule has 2 nitrogen and oxygen atoms in total. The van der Waals surface area contributed by atoms with Crippen molar-refractivity contribution in [2.45, 2.75) is 0 Å². The third kappa shape index (κ3) is 3.96. The van der Waals surface area contributed by atoms with Gasteiger partial charge >= 0.3 is 0 Å². The Kier molecular flexibility index (Phi) is 4.75. The summed E-state index contributed by atoms with van der Waals surface area (Å²) in [6, 6.07) is 15.2. The van der Waals surface area contributed by atoms with Gasteiger partial charge in [-0.05, 0) is 41.5 Å². The Morgan fingerprint density at radius 1 is 1.24 bits per heavy atom. The normalized spacial score (nSPS) is 10.5. The van der Waals surface area contributed by atoms with Gasteiger partial charge in [0.1, 0.15) is 18.2 Å². The van der Waals surface area contributed by atoms with Crippen LogP contribution in [0.1, 0.15) is 11.1 Å². The van der Waals surface area contributed by atoms with Crippen molar-refractivity contribution in [3.05, 3.63) is 65.5 Å². The van der Waals surface area contributed by atoms with Crippen LogP contribution in [-0.2, 0) is 0 Å². The first kappa shape index (κ1) is 14.4. The Morgan fingerprint density at radius 3 is 2.62 bits per heavy atom. The van der Waals surface area contributed by atoms with Crippen LogP contribution in [0, 0.1) is 29.5 Å². The second kappa shape index (κ2) is 6.93. The standard InChI is InChI=1S/C18H12FNO/c1-2-10-21-18-8-6-14(7-9-18)11-16(13-20)15-4-3-5-17(19)12-15/h1,3-9,11-12H,10H2/b16-11-. The van der Waals surface area contributed by atoms with E-state index >= 15 is 0 Å². The van der Waals surface area contributed by atoms with E-state index in [4.69, 9.17) is 11.2 Å². The minimum Gasteiger partial charge on any atom is -0.481 e. The van der Waals surface area contributed by atoms with E-state index in [1.54, 1.807) is 30.3 Å². The number of allylic oxidation sites excluding steroid dienone is 1. The Labute approximate surface area is 123 Å². The zero-order valence-corrected chi connectivity index (χ0v) is 11.2. The first-order chi connectivity index (χ1) is 10.2. The first-order valence-electron chi connectivity index (χ1n) is 6.27. The molecule has 3 heteroatoms. The number of hydrogen-bond acceptors (Lipinski definition) is 2. The van der Waals surface area contributed by atoms with Crippen molar-refractivity contribution in [2.24, 2.45) is 0 Å². The summed E-state index contributed by atoms with van der Waals surface area (Å²) in [5.74, 6) is 2.68. The predicted octanol–water partition coefficient (Wildman–Crippen LogP) is 3.90. The van der Waals surface area contributed by atoms with Crippen LogP contribution in [-0.4, -0.2) is 6.61 Å². The molecule has 2 aromatic rings. The number of terminal acetylenes is 1. The highest BCUT2D eigenvalue weighted by Gasteiger charge is 2.02. The molecule has 0 aliphatic heterocycles. The van der Waals surface area contributed by atoms with Gasteiger partial charge in [0.25, 0.3) is 0 Å². The molecule has 0 aromatic heterocycles. The molecule has 0 N–H and O–H groups in total. The maximum Gasteiger partial charge on any atom is 0.148 e. The topological polar surface area (TPSA) is 33.0 Å². The molecule has 0 heterocycles. The molecule has 102 valence electrons. The summed E-state index contributed by atoms with van der Waals surface area (Å²) >= 11 is 0. The third-order valence-corrected chi connectivity index (χ3v) is 2.77. The SMILES string of the molecule is C#CCOc1ccc(/C=C(/C#N)c2cccc(F)c2)cc1. The average molecular weight is 277 g/mol. The Bertz CT molecular complexity index is 733. The highest BCUT2D eigenvalue weighted by atomic mass is 19.1. The number of hydrogen-bond donors (Lipinski definition) is 0. The molecule has 0 saturated heterocycles. The summed E-state index contributed by atoms with van der Waals surface area (Å²) in [4.78, 5) is 0. The summed E-state index contributed by atoms with van der Waals surface area (Å²) < 4.78 is 18.5. The molecule has 2 rings (SSSR count). The lowest BCUT2D eigenvalue weighted by Gasteiger charge is -2.03. The Morgan fingerprint density at radius 2 is 2.00 bits per heavy atom. The summed E-state index contributed by atoms with van der Waals surface area (Å²) in [5.41, 5.74) is 1.76. The summed E-state index contributed by atoms with van der Waals surface area (Å²) in [7, 11) is 0. The summed E-state index contributed by atoms with van der Waals surface area (Å²) in [6.45, 7) is 0.210. The molecule has 2 aromatic carbocycles. The van der Waals surface area contributed by atoms with Gasteiger partial charge in [0.05, 0.1) is 11.6 Å². The van der Waals surface area contributed by atoms with Crippen molar-refractivity contribution in [3.8, 4) is 24.2 Å². The molecule has 0 amide bonds. The molecule has 0 radical (unpaired) electrons. The Balaban J connectivity index is 2.25. The molecule has 0 saturated carbocycles. The van der Waals surface area contributed by atoms with Gasteiger partial charge in [-0.15, -0.1) is 6.42 Å². The third-order valence-electron chi connectivity index (χ3n) is 2.77. The van der Waals surface area contributed by atoms with Crippen molar-refractivity contribution >= 4 is 11.6 Å². The summed E-state index contributed by atoms with van der Waals surface area (Å²) in [5, 5.41) is 9.21. The smallest absolute Gasteiger partial charge is 0.148 e. The average Bonchev–Trinajstić information content (AvgIpc) is 2.51. The van der Waals surface area contributed by atoms with E-state index in [2.05, 4.69) is 12.0 Å². The fourth-order valence-electron chi connectivity index (χ4n) is 1.79. The molecule has 0 atom stereocenters. The van der Waals surface area contributed by atoms with E-state index in [0.29, 0.717) is 16.9 Å². The minimum atomic E-state index is -0.369. The van der Waals surface area contributed by atoms with Crippen molar-refractivity contribution in [3.63, 3.8) is 0 Å². The van der Waals surface area contributed by atoms with Gasteiger partial charge in [-0.3, -0.25) is 0 Å². The van der Waals surface area contributed by atoms with Gasteiger partial charge in [-0.25, -0.2) is 4.39 Å². The molecule has 0 aliphatic rings. The van der Waals surface area contributed by atoms with E-state index < -0.39 is 0 Å². The largest absolute Gasteiger partial charge is 0.481 e. The number of nitriles is 1. The van der Waals surface area contributed by atoms with E-state index in [9.17, 15) is 9.65 Å². The van der Waals surface area contributed by atoms with E-state index in [1.807, 2.05) is 12.1 Å². The second-order valence-electron chi connectivity index (χ2n) is 4.24. The van der Waals surface area contributed by atoms with Crippen molar-refractivity contribution in [2.75, 3.05) is 6.61 Å². The lowest BCUT2D eigenvalue weighted by atomic mass is 10.0. The quantitative estimate of drug-likeness (QED) is 0.482. The zero-order chi connectivity index (χ0) is 15.1. The van der Waals surface area contributed by atoms with Crippen LogP contribution in [0.25, 0.3) is 11.6 Å². The van der Waals surface area contributed by atoms with Crippen molar-refractivity contribution in [1.29, 1.82) is 5.26 Å². The number of rotatable bonds is 4. The van der Waals surface area contributed by atoms with Crippen LogP contribution in [0.2, 0.25) is 0 Å². The lowest BCUT2D eigenvalue weighted by Crippen LogP contribution is -1.92. The van der Waals surface area contributed by atoms with Gasteiger partial charge in [-0.1, -0.05) is 30.2 Å². The van der Waals surface area contributed by atoms with Gasteiger partial charge in [0.2, 0.25) is 0 Å². The van der Waals surface area contributed by atoms with Crippen LogP contribution in [0.4, 0.5) is 4.39 Å². The van der Waals surface area contributed by atoms with Crippen LogP contribution in [0.5, 0.6) is 5.75 Å². The van der Waals surface area contributed by atoms with E-state index in [1.165, 1.54) is 12.1 Å². The molecule has 0 bridgehead atoms. The predicted molar refractivity (Wildman–Crippen MR) is 80.7 cm³/mol. The van der Waals surface area contributed by atoms with Crippen molar-refractivity contribution in [1.82, 2.24) is 0 Å². The summed E-state index contributed by atoms with van der Waals surface area (Å²) in [6.07, 6.45) is 6.81. The van der Waals surface area contributed by atoms with Crippen molar-refractivity contribution < 1.29 is 9.13 Å². The molecule has 0 aliphatic carbocycles. The second-order valence-corrected chi connectivity index (χ2v) is 4.24.